The molecule has 184 valence electrons. The van der Waals surface area contributed by atoms with Crippen molar-refractivity contribution >= 4 is 39.1 Å². The Morgan fingerprint density at radius 1 is 1.21 bits per heavy atom. The summed E-state index contributed by atoms with van der Waals surface area (Å²) in [4.78, 5) is 35.3. The van der Waals surface area contributed by atoms with Crippen molar-refractivity contribution in [3.63, 3.8) is 0 Å². The molecule has 1 fully saturated rings. The Kier molecular flexibility index (Phi) is 9.31. The zero-order valence-electron chi connectivity index (χ0n) is 18.9. The number of likely N-dealkylation sites (tertiary alicyclic amines) is 1. The van der Waals surface area contributed by atoms with Crippen molar-refractivity contribution in [3.8, 4) is 0 Å². The molecule has 0 aliphatic carbocycles. The topological polar surface area (TPSA) is 159 Å². The van der Waals surface area contributed by atoms with Crippen LogP contribution >= 0.6 is 0 Å². The number of amides is 2. The first-order chi connectivity index (χ1) is 16.4. The molecule has 1 unspecified atom stereocenters. The number of nitrogens with zero attached hydrogens (tertiary/aromatic N) is 3. The lowest BCUT2D eigenvalue weighted by Gasteiger charge is -2.34. The highest BCUT2D eigenvalue weighted by molar-refractivity contribution is 7.89. The van der Waals surface area contributed by atoms with E-state index in [1.807, 2.05) is 0 Å². The summed E-state index contributed by atoms with van der Waals surface area (Å²) in [5.74, 6) is 4.45. The molecule has 0 radical (unpaired) electrons. The van der Waals surface area contributed by atoms with Gasteiger partial charge in [-0.1, -0.05) is 18.2 Å². The fraction of sp³-hybridized carbons (Fsp3) is 0.455. The van der Waals surface area contributed by atoms with E-state index < -0.39 is 28.5 Å². The van der Waals surface area contributed by atoms with Crippen LogP contribution < -0.4 is 21.3 Å². The number of nitrogens with one attached hydrogen (secondary N) is 3. The number of aromatic nitrogens is 1. The van der Waals surface area contributed by atoms with Gasteiger partial charge in [0.25, 0.3) is 0 Å². The van der Waals surface area contributed by atoms with E-state index in [9.17, 15) is 18.0 Å². The minimum atomic E-state index is -3.97. The van der Waals surface area contributed by atoms with E-state index in [0.29, 0.717) is 37.0 Å². The number of nitrogens with two attached hydrogens (primary N) is 1. The third-order valence-electron chi connectivity index (χ3n) is 5.60. The molecule has 0 spiro atoms. The van der Waals surface area contributed by atoms with E-state index in [-0.39, 0.29) is 10.8 Å². The number of carbonyl (C=O) groups excluding carboxylic acids is 2. The molecule has 0 bridgehead atoms. The minimum Gasteiger partial charge on any atom is -0.354 e. The fourth-order valence-corrected chi connectivity index (χ4v) is 5.06. The zero-order chi connectivity index (χ0) is 24.4. The van der Waals surface area contributed by atoms with E-state index in [1.54, 1.807) is 24.3 Å². The number of hydrogen-bond donors (Lipinski definition) is 4. The van der Waals surface area contributed by atoms with Crippen LogP contribution in [-0.4, -0.2) is 68.7 Å². The molecular weight excluding hydrogens is 458 g/mol. The second kappa shape index (κ2) is 12.4. The molecule has 0 saturated carbocycles. The Hall–Kier alpha value is -3.09. The van der Waals surface area contributed by atoms with Crippen molar-refractivity contribution < 1.29 is 18.0 Å². The van der Waals surface area contributed by atoms with Gasteiger partial charge < -0.3 is 15.6 Å². The number of para-hydroxylation sites is 1. The van der Waals surface area contributed by atoms with Gasteiger partial charge in [-0.3, -0.25) is 19.6 Å². The summed E-state index contributed by atoms with van der Waals surface area (Å²) in [5, 5.41) is 3.56. The van der Waals surface area contributed by atoms with Gasteiger partial charge in [0.15, 0.2) is 0 Å². The number of aliphatic imine (C=N–C) groups is 1. The molecular formula is C22H31N7O4S. The molecule has 2 aromatic rings. The molecule has 1 atom stereocenters. The van der Waals surface area contributed by atoms with Crippen molar-refractivity contribution in [2.75, 3.05) is 26.2 Å². The van der Waals surface area contributed by atoms with E-state index in [4.69, 9.17) is 5.84 Å². The van der Waals surface area contributed by atoms with Crippen LogP contribution in [0.15, 0.2) is 46.4 Å². The van der Waals surface area contributed by atoms with Gasteiger partial charge in [-0.15, -0.1) is 0 Å². The first-order valence-electron chi connectivity index (χ1n) is 11.3. The highest BCUT2D eigenvalue weighted by atomic mass is 32.2. The van der Waals surface area contributed by atoms with Gasteiger partial charge in [0.1, 0.15) is 10.9 Å². The van der Waals surface area contributed by atoms with E-state index >= 15 is 0 Å². The van der Waals surface area contributed by atoms with Crippen LogP contribution in [0.25, 0.3) is 10.9 Å². The van der Waals surface area contributed by atoms with Crippen molar-refractivity contribution in [3.05, 3.63) is 36.5 Å². The Morgan fingerprint density at radius 2 is 2.03 bits per heavy atom. The van der Waals surface area contributed by atoms with Gasteiger partial charge in [-0.2, -0.15) is 0 Å². The second-order valence-corrected chi connectivity index (χ2v) is 9.69. The van der Waals surface area contributed by atoms with Crippen LogP contribution in [0, 0.1) is 0 Å². The van der Waals surface area contributed by atoms with Gasteiger partial charge in [0, 0.05) is 31.2 Å². The van der Waals surface area contributed by atoms with Gasteiger partial charge in [0.2, 0.25) is 21.8 Å². The standard InChI is InChI=1S/C22H31N7O4S/c23-27-16-24-11-2-3-12-26-22(31)18-9-1-4-14-29(18)20(30)15-28-34(32,33)19-10-5-7-17-8-6-13-25-21(17)19/h5-8,10,13,16,18,28H,1-4,9,11-12,14-15,23H2,(H,24,27)(H,26,31). The first kappa shape index (κ1) is 25.5. The molecule has 1 aliphatic rings. The van der Waals surface area contributed by atoms with Crippen LogP contribution in [0.5, 0.6) is 0 Å². The molecule has 5 N–H and O–H groups in total. The Bertz CT molecular complexity index is 1120. The van der Waals surface area contributed by atoms with E-state index in [0.717, 1.165) is 25.7 Å². The lowest BCUT2D eigenvalue weighted by atomic mass is 10.0. The monoisotopic (exact) mass is 489 g/mol. The lowest BCUT2D eigenvalue weighted by Crippen LogP contribution is -2.54. The van der Waals surface area contributed by atoms with Crippen molar-refractivity contribution in [1.29, 1.82) is 0 Å². The summed E-state index contributed by atoms with van der Waals surface area (Å²) in [6.07, 6.45) is 6.61. The smallest absolute Gasteiger partial charge is 0.243 e. The molecule has 2 heterocycles. The number of rotatable bonds is 11. The maximum Gasteiger partial charge on any atom is 0.243 e. The Labute approximate surface area is 199 Å². The fourth-order valence-electron chi connectivity index (χ4n) is 3.91. The summed E-state index contributed by atoms with van der Waals surface area (Å²) < 4.78 is 28.2. The van der Waals surface area contributed by atoms with Crippen LogP contribution in [0.3, 0.4) is 0 Å². The number of pyridine rings is 1. The lowest BCUT2D eigenvalue weighted by molar-refractivity contribution is -0.141. The number of hydrogen-bond acceptors (Lipinski definition) is 7. The second-order valence-electron chi connectivity index (χ2n) is 7.95. The predicted octanol–water partition coefficient (Wildman–Crippen LogP) is 0.282. The van der Waals surface area contributed by atoms with Gasteiger partial charge >= 0.3 is 0 Å². The number of fused-ring (bicyclic) bond motifs is 1. The summed E-state index contributed by atoms with van der Waals surface area (Å²) in [6.45, 7) is 1.06. The van der Waals surface area contributed by atoms with Gasteiger partial charge in [0.05, 0.1) is 18.4 Å². The first-order valence-corrected chi connectivity index (χ1v) is 12.8. The van der Waals surface area contributed by atoms with Crippen molar-refractivity contribution in [1.82, 2.24) is 25.3 Å². The van der Waals surface area contributed by atoms with Gasteiger partial charge in [-0.05, 0) is 44.2 Å². The van der Waals surface area contributed by atoms with Crippen LogP contribution in [-0.2, 0) is 19.6 Å². The summed E-state index contributed by atoms with van der Waals surface area (Å²) in [5.41, 5.74) is 2.67. The molecule has 34 heavy (non-hydrogen) atoms. The molecule has 1 aromatic carbocycles. The van der Waals surface area contributed by atoms with Crippen molar-refractivity contribution in [2.45, 2.75) is 43.0 Å². The average molecular weight is 490 g/mol. The maximum absolute atomic E-state index is 12.9. The average Bonchev–Trinajstić information content (AvgIpc) is 2.86. The highest BCUT2D eigenvalue weighted by Crippen LogP contribution is 2.21. The van der Waals surface area contributed by atoms with E-state index in [1.165, 1.54) is 23.5 Å². The van der Waals surface area contributed by atoms with Crippen LogP contribution in [0.1, 0.15) is 32.1 Å². The quantitative estimate of drug-likeness (QED) is 0.116. The molecule has 3 rings (SSSR count). The number of sulfonamides is 1. The zero-order valence-corrected chi connectivity index (χ0v) is 19.8. The molecule has 11 nitrogen and oxygen atoms in total. The molecule has 2 amide bonds. The summed E-state index contributed by atoms with van der Waals surface area (Å²) in [7, 11) is -3.97. The van der Waals surface area contributed by atoms with Gasteiger partial charge in [-0.25, -0.2) is 19.0 Å². The van der Waals surface area contributed by atoms with Crippen LogP contribution in [0.4, 0.5) is 0 Å². The normalized spacial score (nSPS) is 16.6. The third kappa shape index (κ3) is 6.72. The Balaban J connectivity index is 1.57. The largest absolute Gasteiger partial charge is 0.354 e. The predicted molar refractivity (Wildman–Crippen MR) is 129 cm³/mol. The molecule has 1 saturated heterocycles. The minimum absolute atomic E-state index is 0.0120. The van der Waals surface area contributed by atoms with Crippen molar-refractivity contribution in [2.24, 2.45) is 10.8 Å². The number of carbonyl (C=O) groups is 2. The molecule has 1 aliphatic heterocycles. The maximum atomic E-state index is 12.9. The summed E-state index contributed by atoms with van der Waals surface area (Å²) >= 11 is 0. The molecule has 1 aromatic heterocycles. The molecule has 12 heteroatoms. The SMILES string of the molecule is NNC=NCCCCNC(=O)C1CCCCN1C(=O)CNS(=O)(=O)c1cccc2cccnc12. The number of unbranched alkanes of at least 4 members (excludes halogenated alkanes) is 1. The number of benzene rings is 1. The van der Waals surface area contributed by atoms with Crippen LogP contribution in [0.2, 0.25) is 0 Å². The number of piperidine rings is 1. The summed E-state index contributed by atoms with van der Waals surface area (Å²) in [6, 6.07) is 7.75. The third-order valence-corrected chi connectivity index (χ3v) is 7.04. The Morgan fingerprint density at radius 3 is 2.85 bits per heavy atom. The van der Waals surface area contributed by atoms with E-state index in [2.05, 4.69) is 25.4 Å². The highest BCUT2D eigenvalue weighted by Gasteiger charge is 2.32. The number of hydrazine groups is 1.